The van der Waals surface area contributed by atoms with E-state index in [4.69, 9.17) is 0 Å². The van der Waals surface area contributed by atoms with Crippen molar-refractivity contribution in [1.82, 2.24) is 29.6 Å². The molecular formula is C19H21N7O. The highest BCUT2D eigenvalue weighted by Crippen LogP contribution is 2.18. The molecule has 1 saturated heterocycles. The first-order chi connectivity index (χ1) is 13.1. The highest BCUT2D eigenvalue weighted by molar-refractivity contribution is 5.95. The molecule has 0 bridgehead atoms. The van der Waals surface area contributed by atoms with Gasteiger partial charge in [-0.1, -0.05) is 17.7 Å². The van der Waals surface area contributed by atoms with Crippen molar-refractivity contribution in [3.05, 3.63) is 59.9 Å². The second-order valence-electron chi connectivity index (χ2n) is 6.67. The number of amides is 1. The molecule has 8 nitrogen and oxygen atoms in total. The summed E-state index contributed by atoms with van der Waals surface area (Å²) >= 11 is 0. The van der Waals surface area contributed by atoms with Crippen molar-refractivity contribution in [2.24, 2.45) is 0 Å². The SMILES string of the molecule is Cc1ccc(C(=O)N2CCN(c3cc(-n4cncn4)ncn3)CC2)c(C)c1. The summed E-state index contributed by atoms with van der Waals surface area (Å²) < 4.78 is 1.60. The van der Waals surface area contributed by atoms with Crippen molar-refractivity contribution in [2.75, 3.05) is 31.1 Å². The number of benzene rings is 1. The molecule has 0 radical (unpaired) electrons. The first-order valence-electron chi connectivity index (χ1n) is 8.90. The maximum Gasteiger partial charge on any atom is 0.254 e. The fourth-order valence-corrected chi connectivity index (χ4v) is 3.32. The molecule has 2 aromatic heterocycles. The van der Waals surface area contributed by atoms with Gasteiger partial charge >= 0.3 is 0 Å². The van der Waals surface area contributed by atoms with E-state index in [0.29, 0.717) is 18.9 Å². The molecule has 3 aromatic rings. The van der Waals surface area contributed by atoms with E-state index >= 15 is 0 Å². The molecule has 0 saturated carbocycles. The van der Waals surface area contributed by atoms with Gasteiger partial charge in [-0.3, -0.25) is 4.79 Å². The molecule has 1 aliphatic heterocycles. The average molecular weight is 363 g/mol. The average Bonchev–Trinajstić information content (AvgIpc) is 3.23. The molecule has 1 aliphatic rings. The summed E-state index contributed by atoms with van der Waals surface area (Å²) in [5.74, 6) is 1.60. The second kappa shape index (κ2) is 7.14. The van der Waals surface area contributed by atoms with Gasteiger partial charge in [0.05, 0.1) is 0 Å². The Bertz CT molecular complexity index is 946. The Morgan fingerprint density at radius 2 is 1.74 bits per heavy atom. The number of nitrogens with zero attached hydrogens (tertiary/aromatic N) is 7. The summed E-state index contributed by atoms with van der Waals surface area (Å²) in [6, 6.07) is 7.85. The minimum atomic E-state index is 0.0955. The maximum absolute atomic E-state index is 12.8. The van der Waals surface area contributed by atoms with Crippen molar-refractivity contribution >= 4 is 11.7 Å². The van der Waals surface area contributed by atoms with Gasteiger partial charge in [0.2, 0.25) is 0 Å². The molecule has 0 aliphatic carbocycles. The number of hydrogen-bond acceptors (Lipinski definition) is 6. The van der Waals surface area contributed by atoms with Gasteiger partial charge in [0.15, 0.2) is 5.82 Å². The minimum Gasteiger partial charge on any atom is -0.353 e. The molecule has 1 amide bonds. The molecule has 8 heteroatoms. The number of hydrogen-bond donors (Lipinski definition) is 0. The molecule has 0 atom stereocenters. The molecule has 0 N–H and O–H groups in total. The Morgan fingerprint density at radius 3 is 2.44 bits per heavy atom. The van der Waals surface area contributed by atoms with Crippen LogP contribution in [0.25, 0.3) is 5.82 Å². The number of anilines is 1. The van der Waals surface area contributed by atoms with Crippen LogP contribution in [0.15, 0.2) is 43.2 Å². The highest BCUT2D eigenvalue weighted by Gasteiger charge is 2.24. The number of aromatic nitrogens is 5. The summed E-state index contributed by atoms with van der Waals surface area (Å²) in [4.78, 5) is 29.5. The van der Waals surface area contributed by atoms with Crippen LogP contribution in [0.5, 0.6) is 0 Å². The number of aryl methyl sites for hydroxylation is 2. The van der Waals surface area contributed by atoms with Crippen LogP contribution in [-0.2, 0) is 0 Å². The summed E-state index contributed by atoms with van der Waals surface area (Å²) in [6.07, 6.45) is 4.60. The van der Waals surface area contributed by atoms with Gasteiger partial charge in [-0.15, -0.1) is 0 Å². The van der Waals surface area contributed by atoms with Crippen LogP contribution in [-0.4, -0.2) is 61.7 Å². The van der Waals surface area contributed by atoms with E-state index in [-0.39, 0.29) is 5.91 Å². The third-order valence-corrected chi connectivity index (χ3v) is 4.79. The third kappa shape index (κ3) is 3.51. The zero-order chi connectivity index (χ0) is 18.8. The topological polar surface area (TPSA) is 80.0 Å². The molecule has 3 heterocycles. The summed E-state index contributed by atoms with van der Waals surface area (Å²) in [6.45, 7) is 6.80. The normalized spacial score (nSPS) is 14.4. The number of piperazine rings is 1. The van der Waals surface area contributed by atoms with Crippen molar-refractivity contribution in [2.45, 2.75) is 13.8 Å². The van der Waals surface area contributed by atoms with E-state index < -0.39 is 0 Å². The van der Waals surface area contributed by atoms with Crippen LogP contribution in [0.4, 0.5) is 5.82 Å². The van der Waals surface area contributed by atoms with Gasteiger partial charge in [-0.2, -0.15) is 5.10 Å². The van der Waals surface area contributed by atoms with Crippen LogP contribution < -0.4 is 4.90 Å². The Labute approximate surface area is 157 Å². The number of carbonyl (C=O) groups is 1. The van der Waals surface area contributed by atoms with Gasteiger partial charge < -0.3 is 9.80 Å². The lowest BCUT2D eigenvalue weighted by atomic mass is 10.0. The zero-order valence-corrected chi connectivity index (χ0v) is 15.4. The zero-order valence-electron chi connectivity index (χ0n) is 15.4. The Morgan fingerprint density at radius 1 is 0.963 bits per heavy atom. The quantitative estimate of drug-likeness (QED) is 0.704. The standard InChI is InChI=1S/C19H21N7O/c1-14-3-4-16(15(2)9-14)19(27)25-7-5-24(6-8-25)17-10-18(22-12-21-17)26-13-20-11-23-26/h3-4,9-13H,5-8H2,1-2H3. The van der Waals surface area contributed by atoms with Crippen molar-refractivity contribution < 1.29 is 4.79 Å². The summed E-state index contributed by atoms with van der Waals surface area (Å²) in [5, 5.41) is 4.10. The first-order valence-corrected chi connectivity index (χ1v) is 8.90. The van der Waals surface area contributed by atoms with Crippen molar-refractivity contribution in [3.8, 4) is 5.82 Å². The molecule has 0 unspecified atom stereocenters. The molecule has 0 spiro atoms. The lowest BCUT2D eigenvalue weighted by molar-refractivity contribution is 0.0746. The Hall–Kier alpha value is -3.29. The van der Waals surface area contributed by atoms with Crippen molar-refractivity contribution in [3.63, 3.8) is 0 Å². The van der Waals surface area contributed by atoms with Crippen LogP contribution >= 0.6 is 0 Å². The van der Waals surface area contributed by atoms with Gasteiger partial charge in [-0.25, -0.2) is 19.6 Å². The largest absolute Gasteiger partial charge is 0.353 e. The molecular weight excluding hydrogens is 342 g/mol. The van der Waals surface area contributed by atoms with Crippen LogP contribution in [0, 0.1) is 13.8 Å². The monoisotopic (exact) mass is 363 g/mol. The van der Waals surface area contributed by atoms with E-state index in [0.717, 1.165) is 30.0 Å². The smallest absolute Gasteiger partial charge is 0.254 e. The predicted molar refractivity (Wildman–Crippen MR) is 101 cm³/mol. The second-order valence-corrected chi connectivity index (χ2v) is 6.67. The van der Waals surface area contributed by atoms with Crippen LogP contribution in [0.1, 0.15) is 21.5 Å². The molecule has 1 fully saturated rings. The van der Waals surface area contributed by atoms with E-state index in [1.54, 1.807) is 11.0 Å². The first kappa shape index (κ1) is 17.1. The summed E-state index contributed by atoms with van der Waals surface area (Å²) in [5.41, 5.74) is 2.97. The fourth-order valence-electron chi connectivity index (χ4n) is 3.32. The minimum absolute atomic E-state index is 0.0955. The highest BCUT2D eigenvalue weighted by atomic mass is 16.2. The summed E-state index contributed by atoms with van der Waals surface area (Å²) in [7, 11) is 0. The number of carbonyl (C=O) groups excluding carboxylic acids is 1. The van der Waals surface area contributed by atoms with Crippen LogP contribution in [0.3, 0.4) is 0 Å². The maximum atomic E-state index is 12.8. The lowest BCUT2D eigenvalue weighted by Gasteiger charge is -2.35. The number of rotatable bonds is 3. The Balaban J connectivity index is 1.45. The lowest BCUT2D eigenvalue weighted by Crippen LogP contribution is -2.49. The third-order valence-electron chi connectivity index (χ3n) is 4.79. The Kier molecular flexibility index (Phi) is 4.53. The molecule has 4 rings (SSSR count). The van der Waals surface area contributed by atoms with E-state index in [1.807, 2.05) is 36.9 Å². The predicted octanol–water partition coefficient (Wildman–Crippen LogP) is 1.64. The van der Waals surface area contributed by atoms with Crippen molar-refractivity contribution in [1.29, 1.82) is 0 Å². The van der Waals surface area contributed by atoms with Gasteiger partial charge in [-0.05, 0) is 25.5 Å². The fraction of sp³-hybridized carbons (Fsp3) is 0.316. The molecule has 1 aromatic carbocycles. The van der Waals surface area contributed by atoms with Gasteiger partial charge in [0.25, 0.3) is 5.91 Å². The van der Waals surface area contributed by atoms with Gasteiger partial charge in [0.1, 0.15) is 24.8 Å². The van der Waals surface area contributed by atoms with E-state index in [2.05, 4.69) is 31.0 Å². The van der Waals surface area contributed by atoms with Gasteiger partial charge in [0, 0.05) is 37.8 Å². The van der Waals surface area contributed by atoms with Crippen LogP contribution in [0.2, 0.25) is 0 Å². The molecule has 27 heavy (non-hydrogen) atoms. The van der Waals surface area contributed by atoms with E-state index in [9.17, 15) is 4.79 Å². The molecule has 138 valence electrons. The van der Waals surface area contributed by atoms with E-state index in [1.165, 1.54) is 18.2 Å².